The van der Waals surface area contributed by atoms with Crippen molar-refractivity contribution in [1.82, 2.24) is 34.3 Å². The third-order valence-corrected chi connectivity index (χ3v) is 5.75. The Hall–Kier alpha value is -4.42. The largest absolute Gasteiger partial charge is 0.451 e. The van der Waals surface area contributed by atoms with Crippen LogP contribution in [-0.4, -0.2) is 34.3 Å². The molecule has 0 amide bonds. The van der Waals surface area contributed by atoms with E-state index in [1.54, 1.807) is 23.0 Å². The minimum Gasteiger partial charge on any atom is -0.382 e. The summed E-state index contributed by atoms with van der Waals surface area (Å²) in [6.07, 6.45) is 2.47. The van der Waals surface area contributed by atoms with Crippen LogP contribution in [0.25, 0.3) is 22.3 Å². The first-order valence-corrected chi connectivity index (χ1v) is 10.7. The fourth-order valence-corrected chi connectivity index (χ4v) is 4.11. The summed E-state index contributed by atoms with van der Waals surface area (Å²) in [5.41, 5.74) is 8.67. The van der Waals surface area contributed by atoms with E-state index in [1.807, 2.05) is 6.92 Å². The number of hydrogen-bond acceptors (Lipinski definition) is 6. The lowest BCUT2D eigenvalue weighted by atomic mass is 9.95. The van der Waals surface area contributed by atoms with Crippen molar-refractivity contribution in [2.75, 3.05) is 5.73 Å². The molecule has 1 atom stereocenters. The minimum absolute atomic E-state index is 0.0756. The molecule has 5 aromatic rings. The van der Waals surface area contributed by atoms with Gasteiger partial charge in [-0.15, -0.1) is 0 Å². The predicted octanol–water partition coefficient (Wildman–Crippen LogP) is 4.79. The molecule has 0 bridgehead atoms. The predicted molar refractivity (Wildman–Crippen MR) is 119 cm³/mol. The van der Waals surface area contributed by atoms with Gasteiger partial charge in [-0.3, -0.25) is 0 Å². The molecule has 0 aliphatic rings. The number of halogens is 5. The van der Waals surface area contributed by atoms with Gasteiger partial charge >= 0.3 is 6.18 Å². The van der Waals surface area contributed by atoms with Crippen LogP contribution in [0, 0.1) is 11.6 Å². The lowest BCUT2D eigenvalue weighted by Crippen LogP contribution is -2.10. The number of aromatic nitrogens is 7. The highest BCUT2D eigenvalue weighted by Crippen LogP contribution is 2.37. The van der Waals surface area contributed by atoms with Crippen molar-refractivity contribution >= 4 is 11.3 Å². The molecule has 5 rings (SSSR count). The van der Waals surface area contributed by atoms with E-state index in [-0.39, 0.29) is 17.4 Å². The van der Waals surface area contributed by atoms with E-state index in [0.717, 1.165) is 24.5 Å². The fourth-order valence-electron chi connectivity index (χ4n) is 4.11. The highest BCUT2D eigenvalue weighted by Gasteiger charge is 2.34. The molecule has 0 fully saturated rings. The van der Waals surface area contributed by atoms with Crippen molar-refractivity contribution in [2.45, 2.75) is 25.4 Å². The summed E-state index contributed by atoms with van der Waals surface area (Å²) in [6, 6.07) is 4.92. The van der Waals surface area contributed by atoms with Crippen molar-refractivity contribution < 1.29 is 22.0 Å². The van der Waals surface area contributed by atoms with Gasteiger partial charge < -0.3 is 5.73 Å². The van der Waals surface area contributed by atoms with Crippen LogP contribution in [0.3, 0.4) is 0 Å². The highest BCUT2D eigenvalue weighted by atomic mass is 19.4. The number of fused-ring (bicyclic) bond motifs is 1. The first-order valence-electron chi connectivity index (χ1n) is 10.7. The molecule has 0 aliphatic carbocycles. The molecule has 4 aromatic heterocycles. The van der Waals surface area contributed by atoms with Gasteiger partial charge in [0.1, 0.15) is 23.3 Å². The molecule has 4 heterocycles. The lowest BCUT2D eigenvalue weighted by molar-refractivity contribution is -0.144. The van der Waals surface area contributed by atoms with Gasteiger partial charge in [0.15, 0.2) is 11.6 Å². The summed E-state index contributed by atoms with van der Waals surface area (Å²) in [7, 11) is 0. The first kappa shape index (κ1) is 23.3. The minimum atomic E-state index is -4.67. The fraction of sp³-hybridized carbons (Fsp3) is 0.174. The van der Waals surface area contributed by atoms with Gasteiger partial charge in [0.25, 0.3) is 0 Å². The van der Waals surface area contributed by atoms with E-state index in [1.165, 1.54) is 17.1 Å². The Morgan fingerprint density at radius 3 is 2.42 bits per heavy atom. The standard InChI is InChI=1S/C23H17F5N8/c1-2-15(13-9-33-35(10-13)18-4-3-14(24)5-17(18)25)19-6-16(20-21(29)32-11-34-36(19)20)12-7-30-22(31-8-12)23(26,27)28/h3-11,15H,2H2,1H3,(H2,29,32,34). The quantitative estimate of drug-likeness (QED) is 0.348. The third kappa shape index (κ3) is 4.01. The molecule has 0 aliphatic heterocycles. The van der Waals surface area contributed by atoms with Gasteiger partial charge in [-0.1, -0.05) is 6.92 Å². The van der Waals surface area contributed by atoms with Crippen molar-refractivity contribution in [1.29, 1.82) is 0 Å². The molecule has 0 spiro atoms. The van der Waals surface area contributed by atoms with E-state index < -0.39 is 23.6 Å². The molecule has 2 N–H and O–H groups in total. The molecule has 0 radical (unpaired) electrons. The van der Waals surface area contributed by atoms with Crippen LogP contribution < -0.4 is 5.73 Å². The zero-order valence-electron chi connectivity index (χ0n) is 18.6. The molecular formula is C23H17F5N8. The number of nitrogens with zero attached hydrogens (tertiary/aromatic N) is 7. The molecule has 36 heavy (non-hydrogen) atoms. The van der Waals surface area contributed by atoms with Crippen LogP contribution in [-0.2, 0) is 6.18 Å². The summed E-state index contributed by atoms with van der Waals surface area (Å²) in [4.78, 5) is 10.9. The van der Waals surface area contributed by atoms with Crippen LogP contribution in [0.1, 0.15) is 36.3 Å². The maximum absolute atomic E-state index is 14.3. The van der Waals surface area contributed by atoms with Crippen LogP contribution >= 0.6 is 0 Å². The smallest absolute Gasteiger partial charge is 0.382 e. The van der Waals surface area contributed by atoms with E-state index in [2.05, 4.69) is 25.1 Å². The number of anilines is 1. The Balaban J connectivity index is 1.61. The Bertz CT molecular complexity index is 1560. The van der Waals surface area contributed by atoms with Gasteiger partial charge in [-0.2, -0.15) is 23.4 Å². The zero-order chi connectivity index (χ0) is 25.6. The molecule has 8 nitrogen and oxygen atoms in total. The number of nitrogens with two attached hydrogens (primary N) is 1. The van der Waals surface area contributed by atoms with Crippen molar-refractivity contribution in [2.24, 2.45) is 0 Å². The number of hydrogen-bond donors (Lipinski definition) is 1. The summed E-state index contributed by atoms with van der Waals surface area (Å²) < 4.78 is 69.3. The zero-order valence-corrected chi connectivity index (χ0v) is 18.6. The third-order valence-electron chi connectivity index (χ3n) is 5.75. The van der Waals surface area contributed by atoms with Crippen LogP contribution in [0.5, 0.6) is 0 Å². The van der Waals surface area contributed by atoms with Crippen LogP contribution in [0.15, 0.2) is 55.4 Å². The molecule has 184 valence electrons. The average Bonchev–Trinajstić information content (AvgIpc) is 3.46. The Morgan fingerprint density at radius 2 is 1.75 bits per heavy atom. The Morgan fingerprint density at radius 1 is 1.00 bits per heavy atom. The normalized spacial score (nSPS) is 12.8. The average molecular weight is 500 g/mol. The van der Waals surface area contributed by atoms with Gasteiger partial charge in [-0.05, 0) is 30.2 Å². The SMILES string of the molecule is CCC(c1cnn(-c2ccc(F)cc2F)c1)c1cc(-c2cnc(C(F)(F)F)nc2)c2c(N)ncnn12. The maximum Gasteiger partial charge on any atom is 0.451 e. The van der Waals surface area contributed by atoms with Gasteiger partial charge in [0.2, 0.25) is 5.82 Å². The van der Waals surface area contributed by atoms with Crippen molar-refractivity contribution in [3.05, 3.63) is 84.1 Å². The molecule has 0 saturated carbocycles. The summed E-state index contributed by atoms with van der Waals surface area (Å²) in [5.74, 6) is -2.92. The molecule has 13 heteroatoms. The number of nitrogen functional groups attached to an aromatic ring is 1. The van der Waals surface area contributed by atoms with Gasteiger partial charge in [0, 0.05) is 41.7 Å². The topological polar surface area (TPSA) is 99.8 Å². The van der Waals surface area contributed by atoms with E-state index >= 15 is 0 Å². The number of alkyl halides is 3. The molecule has 1 unspecified atom stereocenters. The van der Waals surface area contributed by atoms with E-state index in [0.29, 0.717) is 34.3 Å². The van der Waals surface area contributed by atoms with Gasteiger partial charge in [-0.25, -0.2) is 32.9 Å². The molecule has 1 aromatic carbocycles. The Kier molecular flexibility index (Phi) is 5.61. The number of benzene rings is 1. The Labute approximate surface area is 200 Å². The van der Waals surface area contributed by atoms with Crippen molar-refractivity contribution in [3.8, 4) is 16.8 Å². The highest BCUT2D eigenvalue weighted by molar-refractivity contribution is 5.88. The number of rotatable bonds is 5. The second-order valence-electron chi connectivity index (χ2n) is 7.96. The van der Waals surface area contributed by atoms with Crippen molar-refractivity contribution in [3.63, 3.8) is 0 Å². The van der Waals surface area contributed by atoms with Crippen LogP contribution in [0.2, 0.25) is 0 Å². The molecule has 0 saturated heterocycles. The second kappa shape index (κ2) is 8.66. The van der Waals surface area contributed by atoms with E-state index in [4.69, 9.17) is 5.73 Å². The summed E-state index contributed by atoms with van der Waals surface area (Å²) >= 11 is 0. The van der Waals surface area contributed by atoms with Crippen LogP contribution in [0.4, 0.5) is 27.8 Å². The van der Waals surface area contributed by atoms with E-state index in [9.17, 15) is 22.0 Å². The molecular weight excluding hydrogens is 483 g/mol. The lowest BCUT2D eigenvalue weighted by Gasteiger charge is -2.13. The maximum atomic E-state index is 14.3. The monoisotopic (exact) mass is 500 g/mol. The summed E-state index contributed by atoms with van der Waals surface area (Å²) in [5, 5.41) is 8.53. The van der Waals surface area contributed by atoms with Gasteiger partial charge in [0.05, 0.1) is 11.9 Å². The second-order valence-corrected chi connectivity index (χ2v) is 7.96. The summed E-state index contributed by atoms with van der Waals surface area (Å²) in [6.45, 7) is 1.92. The first-order chi connectivity index (χ1) is 17.2.